The molecule has 0 bridgehead atoms. The van der Waals surface area contributed by atoms with E-state index >= 15 is 0 Å². The van der Waals surface area contributed by atoms with Gasteiger partial charge >= 0.3 is 0 Å². The molecule has 33 heavy (non-hydrogen) atoms. The van der Waals surface area contributed by atoms with E-state index < -0.39 is 104 Å². The fraction of sp³-hybridized carbons (Fsp3) is 1.00. The molecule has 0 saturated carbocycles. The topological polar surface area (TPSA) is 239 Å². The van der Waals surface area contributed by atoms with Crippen molar-refractivity contribution in [2.24, 2.45) is 0 Å². The molecule has 15 heteroatoms. The van der Waals surface area contributed by atoms with Crippen molar-refractivity contribution in [2.45, 2.75) is 97.3 Å². The zero-order valence-electron chi connectivity index (χ0n) is 17.6. The van der Waals surface area contributed by atoms with E-state index in [0.29, 0.717) is 0 Å². The minimum Gasteiger partial charge on any atom is -0.394 e. The normalized spacial score (nSPS) is 53.7. The van der Waals surface area contributed by atoms with E-state index in [-0.39, 0.29) is 0 Å². The molecule has 0 aromatic carbocycles. The Morgan fingerprint density at radius 2 is 1.30 bits per heavy atom. The van der Waals surface area contributed by atoms with E-state index in [9.17, 15) is 51.1 Å². The molecule has 0 radical (unpaired) electrons. The Morgan fingerprint density at radius 1 is 0.667 bits per heavy atom. The molecule has 0 aromatic heterocycles. The molecule has 0 aliphatic carbocycles. The Hall–Kier alpha value is -0.210. The first-order chi connectivity index (χ1) is 15.5. The Morgan fingerprint density at radius 3 is 1.94 bits per heavy atom. The molecule has 15 atom stereocenters. The average molecular weight is 505 g/mol. The maximum Gasteiger partial charge on any atom is 0.186 e. The molecule has 10 N–H and O–H groups in total. The number of hydrogen-bond donors (Lipinski definition) is 10. The van der Waals surface area contributed by atoms with Gasteiger partial charge in [0.25, 0.3) is 0 Å². The third-order valence-electron chi connectivity index (χ3n) is 6.03. The Balaban J connectivity index is 1.64. The van der Waals surface area contributed by atoms with Crippen LogP contribution in [0.2, 0.25) is 0 Å². The number of aliphatic hydroxyl groups is 10. The van der Waals surface area contributed by atoms with Crippen LogP contribution < -0.4 is 0 Å². The van der Waals surface area contributed by atoms with E-state index in [1.165, 1.54) is 6.92 Å². The summed E-state index contributed by atoms with van der Waals surface area (Å²) in [6.45, 7) is 0.298. The first-order valence-electron chi connectivity index (χ1n) is 10.4. The summed E-state index contributed by atoms with van der Waals surface area (Å²) in [6.07, 6.45) is -19.1. The molecule has 3 saturated heterocycles. The van der Waals surface area contributed by atoms with Gasteiger partial charge in [-0.3, -0.25) is 0 Å². The van der Waals surface area contributed by atoms with Crippen LogP contribution in [0, 0.1) is 0 Å². The highest BCUT2D eigenvalue weighted by Crippen LogP contribution is 2.37. The van der Waals surface area contributed by atoms with Crippen LogP contribution in [-0.2, 0) is 18.9 Å². The number of thioether (sulfide) groups is 1. The first kappa shape index (κ1) is 27.4. The van der Waals surface area contributed by atoms with Gasteiger partial charge in [0.15, 0.2) is 12.6 Å². The van der Waals surface area contributed by atoms with Gasteiger partial charge in [0, 0.05) is 0 Å². The lowest BCUT2D eigenvalue weighted by atomic mass is 9.99. The highest BCUT2D eigenvalue weighted by molar-refractivity contribution is 8.00. The fourth-order valence-corrected chi connectivity index (χ4v) is 5.39. The van der Waals surface area contributed by atoms with Gasteiger partial charge in [0.05, 0.1) is 30.7 Å². The van der Waals surface area contributed by atoms with Gasteiger partial charge in [0.2, 0.25) is 0 Å². The van der Waals surface area contributed by atoms with Crippen LogP contribution in [0.3, 0.4) is 0 Å². The predicted octanol–water partition coefficient (Wildman–Crippen LogP) is -5.83. The number of rotatable bonds is 6. The van der Waals surface area contributed by atoms with Gasteiger partial charge in [-0.2, -0.15) is 0 Å². The van der Waals surface area contributed by atoms with Crippen LogP contribution in [0.1, 0.15) is 6.92 Å². The van der Waals surface area contributed by atoms with Crippen LogP contribution >= 0.6 is 11.8 Å². The predicted molar refractivity (Wildman–Crippen MR) is 106 cm³/mol. The van der Waals surface area contributed by atoms with Crippen LogP contribution in [0.4, 0.5) is 0 Å². The summed E-state index contributed by atoms with van der Waals surface area (Å²) >= 11 is 0.724. The van der Waals surface area contributed by atoms with E-state index in [1.54, 1.807) is 0 Å². The monoisotopic (exact) mass is 504 g/mol. The molecule has 0 spiro atoms. The summed E-state index contributed by atoms with van der Waals surface area (Å²) in [5, 5.41) is 98.9. The van der Waals surface area contributed by atoms with Crippen molar-refractivity contribution in [1.82, 2.24) is 0 Å². The molecule has 194 valence electrons. The zero-order chi connectivity index (χ0) is 24.6. The van der Waals surface area contributed by atoms with Gasteiger partial charge in [-0.05, 0) is 6.92 Å². The molecule has 3 rings (SSSR count). The summed E-state index contributed by atoms with van der Waals surface area (Å²) in [5.74, 6) is 0. The fourth-order valence-electron chi connectivity index (χ4n) is 3.89. The average Bonchev–Trinajstić information content (AvgIpc) is 2.79. The van der Waals surface area contributed by atoms with E-state index in [4.69, 9.17) is 18.9 Å². The maximum absolute atomic E-state index is 10.7. The molecule has 0 aromatic rings. The van der Waals surface area contributed by atoms with E-state index in [0.717, 1.165) is 11.8 Å². The molecular formula is C18H32O14S. The van der Waals surface area contributed by atoms with Crippen LogP contribution in [0.25, 0.3) is 0 Å². The summed E-state index contributed by atoms with van der Waals surface area (Å²) in [5.41, 5.74) is -1.16. The van der Waals surface area contributed by atoms with Crippen molar-refractivity contribution in [3.63, 3.8) is 0 Å². The standard InChI is InChI=1S/C18H32O14S/c1-4-7(20)10(23)13(26)18(30-4)33-15-9(22)6(31-16(28)14(15)27)3-29-17-12(25)11(24)8(21)5(2-19)32-17/h4-28H,2-3H2,1H3/t4-,5-,6-,7-,8-,9-,10+,11+,12+,13+,14+,15+,16+,17+,18-/m1/s1. The summed E-state index contributed by atoms with van der Waals surface area (Å²) in [4.78, 5) is 0. The van der Waals surface area contributed by atoms with Gasteiger partial charge in [0.1, 0.15) is 60.4 Å². The van der Waals surface area contributed by atoms with Crippen molar-refractivity contribution in [1.29, 1.82) is 0 Å². The van der Waals surface area contributed by atoms with Crippen molar-refractivity contribution in [3.8, 4) is 0 Å². The maximum atomic E-state index is 10.7. The summed E-state index contributed by atoms with van der Waals surface area (Å²) in [7, 11) is 0. The largest absolute Gasteiger partial charge is 0.394 e. The quantitative estimate of drug-likeness (QED) is 0.162. The van der Waals surface area contributed by atoms with Crippen molar-refractivity contribution >= 4 is 11.8 Å². The molecular weight excluding hydrogens is 472 g/mol. The van der Waals surface area contributed by atoms with E-state index in [1.807, 2.05) is 0 Å². The third-order valence-corrected chi connectivity index (χ3v) is 7.56. The second-order valence-corrected chi connectivity index (χ2v) is 9.64. The second-order valence-electron chi connectivity index (χ2n) is 8.36. The molecule has 3 fully saturated rings. The number of hydrogen-bond acceptors (Lipinski definition) is 15. The highest BCUT2D eigenvalue weighted by atomic mass is 32.2. The zero-order valence-corrected chi connectivity index (χ0v) is 18.4. The van der Waals surface area contributed by atoms with Gasteiger partial charge < -0.3 is 70.0 Å². The number of ether oxygens (including phenoxy) is 4. The van der Waals surface area contributed by atoms with Crippen molar-refractivity contribution in [3.05, 3.63) is 0 Å². The van der Waals surface area contributed by atoms with Crippen LogP contribution in [0.5, 0.6) is 0 Å². The van der Waals surface area contributed by atoms with Gasteiger partial charge in [-0.15, -0.1) is 11.8 Å². The highest BCUT2D eigenvalue weighted by Gasteiger charge is 2.50. The Bertz CT molecular complexity index is 629. The molecule has 14 nitrogen and oxygen atoms in total. The second kappa shape index (κ2) is 11.2. The van der Waals surface area contributed by atoms with Gasteiger partial charge in [-0.1, -0.05) is 0 Å². The lowest BCUT2D eigenvalue weighted by Gasteiger charge is -2.45. The SMILES string of the molecule is C[C@H]1O[C@H](S[C@@H]2[C@H](O)[C@@H](O)O[C@H](CO[C@H]3O[C@H](CO)[C@@H](O)[C@H](O)[C@@H]3O)[C@H]2O)[C@@H](O)[C@@H](O)[C@@H]1O. The number of aliphatic hydroxyl groups excluding tert-OH is 10. The lowest BCUT2D eigenvalue weighted by Crippen LogP contribution is -2.62. The Kier molecular flexibility index (Phi) is 9.32. The smallest absolute Gasteiger partial charge is 0.186 e. The summed E-state index contributed by atoms with van der Waals surface area (Å²) in [6, 6.07) is 0. The molecule has 0 amide bonds. The third kappa shape index (κ3) is 5.63. The molecule has 3 aliphatic rings. The minimum atomic E-state index is -1.78. The lowest BCUT2D eigenvalue weighted by molar-refractivity contribution is -0.316. The molecule has 0 unspecified atom stereocenters. The van der Waals surface area contributed by atoms with Crippen molar-refractivity contribution < 1.29 is 70.0 Å². The van der Waals surface area contributed by atoms with Crippen LogP contribution in [0.15, 0.2) is 0 Å². The van der Waals surface area contributed by atoms with Gasteiger partial charge in [-0.25, -0.2) is 0 Å². The Labute approximate surface area is 192 Å². The van der Waals surface area contributed by atoms with Crippen molar-refractivity contribution in [2.75, 3.05) is 13.2 Å². The molecule has 3 aliphatic heterocycles. The van der Waals surface area contributed by atoms with E-state index in [2.05, 4.69) is 0 Å². The molecule has 3 heterocycles. The first-order valence-corrected chi connectivity index (χ1v) is 11.4. The van der Waals surface area contributed by atoms with Crippen LogP contribution in [-0.4, -0.2) is 155 Å². The minimum absolute atomic E-state index is 0.503. The summed E-state index contributed by atoms with van der Waals surface area (Å²) < 4.78 is 21.2.